The fraction of sp³-hybridized carbons (Fsp3) is 0.412. The van der Waals surface area contributed by atoms with E-state index in [1.54, 1.807) is 13.1 Å². The molecule has 1 aromatic carbocycles. The van der Waals surface area contributed by atoms with Crippen LogP contribution in [0.2, 0.25) is 0 Å². The lowest BCUT2D eigenvalue weighted by atomic mass is 10.1. The molecular formula is C17H21N3O3S. The van der Waals surface area contributed by atoms with Crippen LogP contribution in [0.25, 0.3) is 10.8 Å². The van der Waals surface area contributed by atoms with Gasteiger partial charge in [-0.3, -0.25) is 9.78 Å². The molecule has 0 unspecified atom stereocenters. The molecule has 7 heteroatoms. The second kappa shape index (κ2) is 6.86. The maximum absolute atomic E-state index is 12.6. The first kappa shape index (κ1) is 16.9. The standard InChI is InChI=1S/C17H21N3O3S/c1-2-24(22,23)20-11-8-14(9-12-20)19-17(21)16-15-6-4-3-5-13(15)7-10-18-16/h3-7,10,14H,2,8-9,11-12H2,1H3,(H,19,21). The number of pyridine rings is 1. The van der Waals surface area contributed by atoms with Gasteiger partial charge in [0.2, 0.25) is 10.0 Å². The van der Waals surface area contributed by atoms with Crippen LogP contribution < -0.4 is 5.32 Å². The zero-order valence-corrected chi connectivity index (χ0v) is 14.4. The van der Waals surface area contributed by atoms with Crippen molar-refractivity contribution in [1.82, 2.24) is 14.6 Å². The lowest BCUT2D eigenvalue weighted by Crippen LogP contribution is -2.47. The van der Waals surface area contributed by atoms with E-state index in [4.69, 9.17) is 0 Å². The molecule has 1 saturated heterocycles. The average Bonchev–Trinajstić information content (AvgIpc) is 2.61. The largest absolute Gasteiger partial charge is 0.348 e. The van der Waals surface area contributed by atoms with Crippen LogP contribution in [-0.2, 0) is 10.0 Å². The Morgan fingerprint density at radius 2 is 1.96 bits per heavy atom. The van der Waals surface area contributed by atoms with Crippen molar-refractivity contribution in [2.75, 3.05) is 18.8 Å². The molecular weight excluding hydrogens is 326 g/mol. The lowest BCUT2D eigenvalue weighted by Gasteiger charge is -2.31. The molecule has 0 bridgehead atoms. The minimum absolute atomic E-state index is 0.0263. The van der Waals surface area contributed by atoms with Crippen LogP contribution in [0.4, 0.5) is 0 Å². The second-order valence-electron chi connectivity index (χ2n) is 5.93. The van der Waals surface area contributed by atoms with Crippen molar-refractivity contribution in [3.05, 3.63) is 42.2 Å². The van der Waals surface area contributed by atoms with Crippen molar-refractivity contribution in [2.45, 2.75) is 25.8 Å². The van der Waals surface area contributed by atoms with Gasteiger partial charge in [0.05, 0.1) is 5.75 Å². The molecule has 0 saturated carbocycles. The molecule has 6 nitrogen and oxygen atoms in total. The number of aromatic nitrogens is 1. The van der Waals surface area contributed by atoms with E-state index in [1.165, 1.54) is 4.31 Å². The third-order valence-corrected chi connectivity index (χ3v) is 6.32. The van der Waals surface area contributed by atoms with Crippen LogP contribution >= 0.6 is 0 Å². The Balaban J connectivity index is 1.68. The van der Waals surface area contributed by atoms with E-state index < -0.39 is 10.0 Å². The first-order valence-corrected chi connectivity index (χ1v) is 9.74. The smallest absolute Gasteiger partial charge is 0.270 e. The van der Waals surface area contributed by atoms with E-state index in [1.807, 2.05) is 30.3 Å². The van der Waals surface area contributed by atoms with Gasteiger partial charge in [-0.2, -0.15) is 0 Å². The lowest BCUT2D eigenvalue weighted by molar-refractivity contribution is 0.0920. The van der Waals surface area contributed by atoms with Crippen molar-refractivity contribution in [3.63, 3.8) is 0 Å². The van der Waals surface area contributed by atoms with Crippen LogP contribution in [0.15, 0.2) is 36.5 Å². The van der Waals surface area contributed by atoms with Crippen molar-refractivity contribution in [3.8, 4) is 0 Å². The first-order valence-electron chi connectivity index (χ1n) is 8.13. The zero-order chi connectivity index (χ0) is 17.2. The topological polar surface area (TPSA) is 79.4 Å². The van der Waals surface area contributed by atoms with Crippen LogP contribution in [0.1, 0.15) is 30.3 Å². The number of amides is 1. The third-order valence-electron chi connectivity index (χ3n) is 4.44. The summed E-state index contributed by atoms with van der Waals surface area (Å²) in [5, 5.41) is 4.79. The van der Waals surface area contributed by atoms with Crippen LogP contribution in [0.3, 0.4) is 0 Å². The summed E-state index contributed by atoms with van der Waals surface area (Å²) >= 11 is 0. The average molecular weight is 347 g/mol. The Hall–Kier alpha value is -1.99. The van der Waals surface area contributed by atoms with E-state index in [9.17, 15) is 13.2 Å². The van der Waals surface area contributed by atoms with Gasteiger partial charge in [-0.15, -0.1) is 0 Å². The van der Waals surface area contributed by atoms with Crippen molar-refractivity contribution < 1.29 is 13.2 Å². The number of hydrogen-bond donors (Lipinski definition) is 1. The number of nitrogens with one attached hydrogen (secondary N) is 1. The first-order chi connectivity index (χ1) is 11.5. The highest BCUT2D eigenvalue weighted by molar-refractivity contribution is 7.89. The SMILES string of the molecule is CCS(=O)(=O)N1CCC(NC(=O)c2nccc3ccccc23)CC1. The van der Waals surface area contributed by atoms with Gasteiger partial charge in [0.25, 0.3) is 5.91 Å². The molecule has 24 heavy (non-hydrogen) atoms. The van der Waals surface area contributed by atoms with Gasteiger partial charge in [0, 0.05) is 30.7 Å². The number of nitrogens with zero attached hydrogens (tertiary/aromatic N) is 2. The van der Waals surface area contributed by atoms with Crippen LogP contribution in [0, 0.1) is 0 Å². The summed E-state index contributed by atoms with van der Waals surface area (Å²) in [5.41, 5.74) is 0.414. The highest BCUT2D eigenvalue weighted by Gasteiger charge is 2.27. The molecule has 1 fully saturated rings. The summed E-state index contributed by atoms with van der Waals surface area (Å²) in [5.74, 6) is -0.0900. The van der Waals surface area contributed by atoms with E-state index in [0.717, 1.165) is 10.8 Å². The minimum Gasteiger partial charge on any atom is -0.348 e. The summed E-state index contributed by atoms with van der Waals surface area (Å²) in [6.45, 7) is 2.55. The minimum atomic E-state index is -3.15. The Morgan fingerprint density at radius 3 is 2.67 bits per heavy atom. The number of benzene rings is 1. The fourth-order valence-electron chi connectivity index (χ4n) is 3.02. The maximum atomic E-state index is 12.6. The predicted octanol–water partition coefficient (Wildman–Crippen LogP) is 1.78. The molecule has 3 rings (SSSR count). The summed E-state index contributed by atoms with van der Waals surface area (Å²) in [7, 11) is -3.15. The van der Waals surface area contributed by atoms with Crippen molar-refractivity contribution in [1.29, 1.82) is 0 Å². The van der Waals surface area contributed by atoms with Crippen LogP contribution in [-0.4, -0.2) is 48.5 Å². The Labute approximate surface area is 141 Å². The number of rotatable bonds is 4. The molecule has 0 spiro atoms. The molecule has 128 valence electrons. The number of fused-ring (bicyclic) bond motifs is 1. The summed E-state index contributed by atoms with van der Waals surface area (Å²) in [6, 6.07) is 9.49. The fourth-order valence-corrected chi connectivity index (χ4v) is 4.15. The number of hydrogen-bond acceptors (Lipinski definition) is 4. The number of carbonyl (C=O) groups excluding carboxylic acids is 1. The maximum Gasteiger partial charge on any atom is 0.270 e. The van der Waals surface area contributed by atoms with Gasteiger partial charge in [-0.25, -0.2) is 12.7 Å². The highest BCUT2D eigenvalue weighted by atomic mass is 32.2. The third kappa shape index (κ3) is 3.42. The molecule has 1 amide bonds. The van der Waals surface area contributed by atoms with E-state index in [2.05, 4.69) is 10.3 Å². The van der Waals surface area contributed by atoms with E-state index in [-0.39, 0.29) is 17.7 Å². The molecule has 1 aromatic heterocycles. The summed E-state index contributed by atoms with van der Waals surface area (Å²) < 4.78 is 25.3. The molecule has 2 aromatic rings. The van der Waals surface area contributed by atoms with Gasteiger partial charge in [-0.05, 0) is 31.2 Å². The molecule has 1 aliphatic rings. The Morgan fingerprint density at radius 1 is 1.25 bits per heavy atom. The van der Waals surface area contributed by atoms with Gasteiger partial charge in [0.15, 0.2) is 0 Å². The number of carbonyl (C=O) groups is 1. The number of piperidine rings is 1. The zero-order valence-electron chi connectivity index (χ0n) is 13.6. The van der Waals surface area contributed by atoms with Gasteiger partial charge < -0.3 is 5.32 Å². The quantitative estimate of drug-likeness (QED) is 0.914. The van der Waals surface area contributed by atoms with Crippen LogP contribution in [0.5, 0.6) is 0 Å². The molecule has 1 aliphatic heterocycles. The van der Waals surface area contributed by atoms with Gasteiger partial charge in [0.1, 0.15) is 5.69 Å². The van der Waals surface area contributed by atoms with E-state index in [0.29, 0.717) is 31.6 Å². The summed E-state index contributed by atoms with van der Waals surface area (Å²) in [4.78, 5) is 16.8. The van der Waals surface area contributed by atoms with Crippen molar-refractivity contribution >= 4 is 26.7 Å². The molecule has 0 atom stereocenters. The predicted molar refractivity (Wildman–Crippen MR) is 93.3 cm³/mol. The van der Waals surface area contributed by atoms with Gasteiger partial charge >= 0.3 is 0 Å². The second-order valence-corrected chi connectivity index (χ2v) is 8.19. The Kier molecular flexibility index (Phi) is 4.82. The Bertz CT molecular complexity index is 838. The summed E-state index contributed by atoms with van der Waals surface area (Å²) in [6.07, 6.45) is 2.87. The molecule has 1 N–H and O–H groups in total. The van der Waals surface area contributed by atoms with E-state index >= 15 is 0 Å². The monoisotopic (exact) mass is 347 g/mol. The molecule has 2 heterocycles. The molecule has 0 aliphatic carbocycles. The number of sulfonamides is 1. The normalized spacial score (nSPS) is 17.0. The van der Waals surface area contributed by atoms with Gasteiger partial charge in [-0.1, -0.05) is 24.3 Å². The van der Waals surface area contributed by atoms with Crippen molar-refractivity contribution in [2.24, 2.45) is 0 Å². The highest BCUT2D eigenvalue weighted by Crippen LogP contribution is 2.18. The molecule has 0 radical (unpaired) electrons.